The molecule has 7 nitrogen and oxygen atoms in total. The number of rotatable bonds is 6. The molecule has 158 valence electrons. The average molecular weight is 426 g/mol. The van der Waals surface area contributed by atoms with Crippen molar-refractivity contribution in [2.75, 3.05) is 17.2 Å². The van der Waals surface area contributed by atoms with Crippen molar-refractivity contribution in [1.29, 1.82) is 0 Å². The lowest BCUT2D eigenvalue weighted by atomic mass is 9.86. The summed E-state index contributed by atoms with van der Waals surface area (Å²) in [6.45, 7) is 2.97. The molecule has 30 heavy (non-hydrogen) atoms. The number of nitrogens with two attached hydrogens (primary N) is 1. The Balaban J connectivity index is 1.53. The van der Waals surface area contributed by atoms with Gasteiger partial charge in [0.05, 0.1) is 6.20 Å². The first kappa shape index (κ1) is 19.6. The number of nitrogens with zero attached hydrogens (tertiary/aromatic N) is 4. The van der Waals surface area contributed by atoms with Crippen molar-refractivity contribution >= 4 is 40.3 Å². The fourth-order valence-corrected chi connectivity index (χ4v) is 4.49. The quantitative estimate of drug-likeness (QED) is 0.521. The highest BCUT2D eigenvalue weighted by atomic mass is 35.5. The lowest BCUT2D eigenvalue weighted by Crippen LogP contribution is -2.24. The second kappa shape index (κ2) is 7.71. The molecule has 0 bridgehead atoms. The smallest absolute Gasteiger partial charge is 0.225 e. The SMILES string of the molecule is CC1(Nc2ncc3nc(Nc4cccc(Cl)c4)n(C4CCC(CN)CC4)c3n2)CC1. The molecule has 1 aromatic carbocycles. The molecule has 2 saturated carbocycles. The normalized spacial score (nSPS) is 22.8. The number of imidazole rings is 1. The van der Waals surface area contributed by atoms with Crippen LogP contribution in [0.5, 0.6) is 0 Å². The van der Waals surface area contributed by atoms with E-state index in [4.69, 9.17) is 27.3 Å². The molecule has 0 spiro atoms. The van der Waals surface area contributed by atoms with E-state index in [1.807, 2.05) is 30.5 Å². The number of halogens is 1. The summed E-state index contributed by atoms with van der Waals surface area (Å²) in [5.74, 6) is 2.07. The van der Waals surface area contributed by atoms with Gasteiger partial charge in [-0.1, -0.05) is 17.7 Å². The van der Waals surface area contributed by atoms with Crippen LogP contribution in [-0.2, 0) is 0 Å². The fraction of sp³-hybridized carbons (Fsp3) is 0.500. The molecule has 0 amide bonds. The number of benzene rings is 1. The van der Waals surface area contributed by atoms with Gasteiger partial charge in [-0.25, -0.2) is 9.97 Å². The Kier molecular flexibility index (Phi) is 5.03. The van der Waals surface area contributed by atoms with Crippen LogP contribution in [0.4, 0.5) is 17.6 Å². The summed E-state index contributed by atoms with van der Waals surface area (Å²) in [6, 6.07) is 8.03. The predicted octanol–water partition coefficient (Wildman–Crippen LogP) is 4.88. The molecule has 8 heteroatoms. The van der Waals surface area contributed by atoms with Crippen molar-refractivity contribution in [3.05, 3.63) is 35.5 Å². The molecule has 2 aromatic heterocycles. The third-order valence-electron chi connectivity index (χ3n) is 6.44. The van der Waals surface area contributed by atoms with Gasteiger partial charge in [0.15, 0.2) is 5.65 Å². The maximum Gasteiger partial charge on any atom is 0.225 e. The van der Waals surface area contributed by atoms with Crippen LogP contribution in [0, 0.1) is 5.92 Å². The molecular formula is C22H28ClN7. The summed E-state index contributed by atoms with van der Waals surface area (Å²) < 4.78 is 2.26. The van der Waals surface area contributed by atoms with E-state index in [9.17, 15) is 0 Å². The number of aromatic nitrogens is 4. The molecule has 4 N–H and O–H groups in total. The zero-order chi connectivity index (χ0) is 20.7. The van der Waals surface area contributed by atoms with E-state index in [1.165, 1.54) is 0 Å². The molecule has 0 saturated heterocycles. The second-order valence-electron chi connectivity index (χ2n) is 8.94. The lowest BCUT2D eigenvalue weighted by molar-refractivity contribution is 0.284. The molecule has 5 rings (SSSR count). The van der Waals surface area contributed by atoms with Gasteiger partial charge in [-0.3, -0.25) is 4.57 Å². The summed E-state index contributed by atoms with van der Waals surface area (Å²) in [6.07, 6.45) is 8.53. The molecule has 0 radical (unpaired) electrons. The van der Waals surface area contributed by atoms with E-state index in [-0.39, 0.29) is 5.54 Å². The van der Waals surface area contributed by atoms with Crippen LogP contribution in [-0.4, -0.2) is 31.6 Å². The number of fused-ring (bicyclic) bond motifs is 1. The van der Waals surface area contributed by atoms with Crippen LogP contribution < -0.4 is 16.4 Å². The second-order valence-corrected chi connectivity index (χ2v) is 9.38. The molecule has 2 aliphatic rings. The number of hydrogen-bond donors (Lipinski definition) is 3. The van der Waals surface area contributed by atoms with E-state index in [0.29, 0.717) is 22.9 Å². The minimum absolute atomic E-state index is 0.125. The van der Waals surface area contributed by atoms with E-state index in [0.717, 1.165) is 67.9 Å². The maximum atomic E-state index is 6.19. The van der Waals surface area contributed by atoms with Crippen molar-refractivity contribution in [1.82, 2.24) is 19.5 Å². The fourth-order valence-electron chi connectivity index (χ4n) is 4.30. The van der Waals surface area contributed by atoms with Gasteiger partial charge < -0.3 is 16.4 Å². The van der Waals surface area contributed by atoms with Gasteiger partial charge >= 0.3 is 0 Å². The van der Waals surface area contributed by atoms with Crippen LogP contribution in [0.2, 0.25) is 5.02 Å². The highest BCUT2D eigenvalue weighted by molar-refractivity contribution is 6.30. The zero-order valence-electron chi connectivity index (χ0n) is 17.2. The molecule has 0 unspecified atom stereocenters. The topological polar surface area (TPSA) is 93.7 Å². The van der Waals surface area contributed by atoms with Crippen LogP contribution in [0.3, 0.4) is 0 Å². The van der Waals surface area contributed by atoms with Crippen molar-refractivity contribution in [2.45, 2.75) is 57.0 Å². The highest BCUT2D eigenvalue weighted by Crippen LogP contribution is 2.39. The molecular weight excluding hydrogens is 398 g/mol. The largest absolute Gasteiger partial charge is 0.349 e. The molecule has 0 aliphatic heterocycles. The first-order chi connectivity index (χ1) is 14.5. The Hall–Kier alpha value is -2.38. The summed E-state index contributed by atoms with van der Waals surface area (Å²) >= 11 is 6.19. The molecule has 2 fully saturated rings. The first-order valence-corrected chi connectivity index (χ1v) is 11.2. The molecule has 3 aromatic rings. The predicted molar refractivity (Wildman–Crippen MR) is 121 cm³/mol. The maximum absolute atomic E-state index is 6.19. The van der Waals surface area contributed by atoms with Gasteiger partial charge in [0.25, 0.3) is 0 Å². The summed E-state index contributed by atoms with van der Waals surface area (Å²) in [4.78, 5) is 14.2. The van der Waals surface area contributed by atoms with E-state index in [1.54, 1.807) is 0 Å². The van der Waals surface area contributed by atoms with Crippen molar-refractivity contribution < 1.29 is 0 Å². The van der Waals surface area contributed by atoms with E-state index in [2.05, 4.69) is 27.1 Å². The summed E-state index contributed by atoms with van der Waals surface area (Å²) in [5.41, 5.74) is 8.62. The average Bonchev–Trinajstić information content (AvgIpc) is 3.36. The molecule has 0 atom stereocenters. The minimum Gasteiger partial charge on any atom is -0.349 e. The third-order valence-corrected chi connectivity index (χ3v) is 6.68. The number of nitrogens with one attached hydrogen (secondary N) is 2. The zero-order valence-corrected chi connectivity index (χ0v) is 18.0. The van der Waals surface area contributed by atoms with Crippen LogP contribution >= 0.6 is 11.6 Å². The van der Waals surface area contributed by atoms with Crippen LogP contribution in [0.15, 0.2) is 30.5 Å². The van der Waals surface area contributed by atoms with Gasteiger partial charge in [-0.15, -0.1) is 0 Å². The Morgan fingerprint density at radius 3 is 2.70 bits per heavy atom. The highest BCUT2D eigenvalue weighted by Gasteiger charge is 2.38. The van der Waals surface area contributed by atoms with E-state index < -0.39 is 0 Å². The molecule has 2 heterocycles. The van der Waals surface area contributed by atoms with Crippen molar-refractivity contribution in [3.63, 3.8) is 0 Å². The van der Waals surface area contributed by atoms with Crippen molar-refractivity contribution in [3.8, 4) is 0 Å². The van der Waals surface area contributed by atoms with Gasteiger partial charge in [0.1, 0.15) is 5.52 Å². The molecule has 2 aliphatic carbocycles. The summed E-state index contributed by atoms with van der Waals surface area (Å²) in [7, 11) is 0. The minimum atomic E-state index is 0.125. The standard InChI is InChI=1S/C22H28ClN7/c1-22(9-10-22)29-20-25-13-18-19(28-20)30(17-7-5-14(12-24)6-8-17)21(27-18)26-16-4-2-3-15(23)11-16/h2-4,11,13-14,17H,5-10,12,24H2,1H3,(H,26,27)(H,25,28,29). The van der Waals surface area contributed by atoms with Crippen LogP contribution in [0.1, 0.15) is 51.5 Å². The Labute approximate surface area is 181 Å². The lowest BCUT2D eigenvalue weighted by Gasteiger charge is -2.29. The summed E-state index contributed by atoms with van der Waals surface area (Å²) in [5, 5.41) is 7.63. The van der Waals surface area contributed by atoms with Crippen LogP contribution in [0.25, 0.3) is 11.2 Å². The van der Waals surface area contributed by atoms with Crippen molar-refractivity contribution in [2.24, 2.45) is 11.7 Å². The number of anilines is 3. The number of hydrogen-bond acceptors (Lipinski definition) is 6. The monoisotopic (exact) mass is 425 g/mol. The van der Waals surface area contributed by atoms with Gasteiger partial charge in [0, 0.05) is 22.3 Å². The van der Waals surface area contributed by atoms with Gasteiger partial charge in [-0.05, 0) is 76.1 Å². The Bertz CT molecular complexity index is 1050. The van der Waals surface area contributed by atoms with Gasteiger partial charge in [0.2, 0.25) is 11.9 Å². The first-order valence-electron chi connectivity index (χ1n) is 10.8. The Morgan fingerprint density at radius 1 is 1.20 bits per heavy atom. The van der Waals surface area contributed by atoms with Gasteiger partial charge in [-0.2, -0.15) is 4.98 Å². The van der Waals surface area contributed by atoms with E-state index >= 15 is 0 Å². The Morgan fingerprint density at radius 2 is 2.00 bits per heavy atom. The third kappa shape index (κ3) is 3.96.